The van der Waals surface area contributed by atoms with Crippen molar-refractivity contribution in [1.29, 1.82) is 0 Å². The van der Waals surface area contributed by atoms with Gasteiger partial charge in [0.2, 0.25) is 5.91 Å². The fraction of sp³-hybridized carbons (Fsp3) is 0.429. The molecule has 1 aliphatic rings. The van der Waals surface area contributed by atoms with E-state index in [4.69, 9.17) is 5.73 Å². The van der Waals surface area contributed by atoms with Gasteiger partial charge in [-0.05, 0) is 24.6 Å². The molecule has 108 valence electrons. The highest BCUT2D eigenvalue weighted by atomic mass is 16.2. The third kappa shape index (κ3) is 3.20. The van der Waals surface area contributed by atoms with Gasteiger partial charge in [-0.3, -0.25) is 9.59 Å². The average Bonchev–Trinajstić information content (AvgIpc) is 2.81. The lowest BCUT2D eigenvalue weighted by atomic mass is 10.1. The van der Waals surface area contributed by atoms with Gasteiger partial charge in [0.15, 0.2) is 0 Å². The fourth-order valence-corrected chi connectivity index (χ4v) is 2.25. The Hall–Kier alpha value is -2.24. The number of rotatable bonds is 4. The molecule has 0 radical (unpaired) electrons. The maximum absolute atomic E-state index is 12.0. The van der Waals surface area contributed by atoms with Crippen molar-refractivity contribution < 1.29 is 9.59 Å². The van der Waals surface area contributed by atoms with Crippen molar-refractivity contribution in [3.63, 3.8) is 0 Å². The van der Waals surface area contributed by atoms with E-state index in [0.29, 0.717) is 24.2 Å². The Balaban J connectivity index is 1.95. The standard InChI is InChI=1S/C14H20N4O2/c1-18(2)12-5-3-9(7-11(12)15)14(20)16-8-10-4-6-13(19)17-10/h3,5,7,10H,4,6,8,15H2,1-2H3,(H,16,20)(H,17,19). The van der Waals surface area contributed by atoms with E-state index < -0.39 is 0 Å². The minimum Gasteiger partial charge on any atom is -0.397 e. The molecule has 1 aliphatic heterocycles. The van der Waals surface area contributed by atoms with E-state index >= 15 is 0 Å². The second-order valence-electron chi connectivity index (χ2n) is 5.18. The molecule has 0 aliphatic carbocycles. The van der Waals surface area contributed by atoms with Gasteiger partial charge in [-0.15, -0.1) is 0 Å². The molecule has 2 amide bonds. The summed E-state index contributed by atoms with van der Waals surface area (Å²) < 4.78 is 0. The SMILES string of the molecule is CN(C)c1ccc(C(=O)NCC2CCC(=O)N2)cc1N. The molecule has 4 N–H and O–H groups in total. The van der Waals surface area contributed by atoms with Crippen LogP contribution in [0.5, 0.6) is 0 Å². The van der Waals surface area contributed by atoms with Crippen molar-refractivity contribution in [3.8, 4) is 0 Å². The van der Waals surface area contributed by atoms with E-state index in [9.17, 15) is 9.59 Å². The summed E-state index contributed by atoms with van der Waals surface area (Å²) >= 11 is 0. The normalized spacial score (nSPS) is 17.7. The van der Waals surface area contributed by atoms with Gasteiger partial charge in [-0.2, -0.15) is 0 Å². The molecule has 6 heteroatoms. The number of hydrogen-bond acceptors (Lipinski definition) is 4. The average molecular weight is 276 g/mol. The topological polar surface area (TPSA) is 87.5 Å². The first-order valence-electron chi connectivity index (χ1n) is 6.62. The second kappa shape index (κ2) is 5.81. The molecule has 0 spiro atoms. The van der Waals surface area contributed by atoms with E-state index in [2.05, 4.69) is 10.6 Å². The molecule has 1 aromatic rings. The summed E-state index contributed by atoms with van der Waals surface area (Å²) in [7, 11) is 3.79. The van der Waals surface area contributed by atoms with Gasteiger partial charge in [0.25, 0.3) is 5.91 Å². The van der Waals surface area contributed by atoms with Crippen LogP contribution in [0, 0.1) is 0 Å². The zero-order valence-corrected chi connectivity index (χ0v) is 11.8. The highest BCUT2D eigenvalue weighted by Gasteiger charge is 2.21. The summed E-state index contributed by atoms with van der Waals surface area (Å²) in [4.78, 5) is 25.0. The molecule has 1 heterocycles. The molecule has 20 heavy (non-hydrogen) atoms. The summed E-state index contributed by atoms with van der Waals surface area (Å²) in [6.07, 6.45) is 1.30. The number of anilines is 2. The van der Waals surface area contributed by atoms with Gasteiger partial charge in [0.1, 0.15) is 0 Å². The largest absolute Gasteiger partial charge is 0.397 e. The smallest absolute Gasteiger partial charge is 0.251 e. The summed E-state index contributed by atoms with van der Waals surface area (Å²) in [6.45, 7) is 0.444. The number of carbonyl (C=O) groups is 2. The van der Waals surface area contributed by atoms with Crippen molar-refractivity contribution in [2.24, 2.45) is 0 Å². The summed E-state index contributed by atoms with van der Waals surface area (Å²) in [5.41, 5.74) is 7.89. The Labute approximate surface area is 118 Å². The van der Waals surface area contributed by atoms with Gasteiger partial charge in [0, 0.05) is 38.7 Å². The Morgan fingerprint density at radius 3 is 2.80 bits per heavy atom. The van der Waals surface area contributed by atoms with Crippen molar-refractivity contribution in [3.05, 3.63) is 23.8 Å². The predicted octanol–water partition coefficient (Wildman–Crippen LogP) is 0.343. The number of nitrogen functional groups attached to an aromatic ring is 1. The van der Waals surface area contributed by atoms with E-state index in [0.717, 1.165) is 12.1 Å². The number of hydrogen-bond donors (Lipinski definition) is 3. The first-order chi connectivity index (χ1) is 9.47. The van der Waals surface area contributed by atoms with Crippen LogP contribution in [0.25, 0.3) is 0 Å². The molecular weight excluding hydrogens is 256 g/mol. The predicted molar refractivity (Wildman–Crippen MR) is 78.7 cm³/mol. The molecule has 1 aromatic carbocycles. The van der Waals surface area contributed by atoms with E-state index in [1.54, 1.807) is 12.1 Å². The summed E-state index contributed by atoms with van der Waals surface area (Å²) in [5, 5.41) is 5.63. The lowest BCUT2D eigenvalue weighted by molar-refractivity contribution is -0.119. The summed E-state index contributed by atoms with van der Waals surface area (Å²) in [6, 6.07) is 5.26. The third-order valence-electron chi connectivity index (χ3n) is 3.37. The molecule has 2 rings (SSSR count). The monoisotopic (exact) mass is 276 g/mol. The fourth-order valence-electron chi connectivity index (χ4n) is 2.25. The molecule has 1 saturated heterocycles. The first-order valence-corrected chi connectivity index (χ1v) is 6.62. The number of amides is 2. The number of nitrogens with one attached hydrogen (secondary N) is 2. The van der Waals surface area contributed by atoms with Gasteiger partial charge in [-0.1, -0.05) is 0 Å². The van der Waals surface area contributed by atoms with E-state index in [1.165, 1.54) is 0 Å². The maximum Gasteiger partial charge on any atom is 0.251 e. The van der Waals surface area contributed by atoms with Gasteiger partial charge in [-0.25, -0.2) is 0 Å². The molecule has 0 bridgehead atoms. The minimum absolute atomic E-state index is 0.0323. The van der Waals surface area contributed by atoms with E-state index in [1.807, 2.05) is 25.1 Å². The quantitative estimate of drug-likeness (QED) is 0.692. The molecule has 1 fully saturated rings. The molecule has 0 aromatic heterocycles. The summed E-state index contributed by atoms with van der Waals surface area (Å²) in [5.74, 6) is -0.132. The van der Waals surface area contributed by atoms with Crippen LogP contribution < -0.4 is 21.3 Å². The minimum atomic E-state index is -0.178. The molecule has 1 unspecified atom stereocenters. The van der Waals surface area contributed by atoms with Crippen LogP contribution in [-0.4, -0.2) is 38.5 Å². The van der Waals surface area contributed by atoms with Crippen molar-refractivity contribution in [2.45, 2.75) is 18.9 Å². The Morgan fingerprint density at radius 2 is 2.25 bits per heavy atom. The van der Waals surface area contributed by atoms with Crippen molar-refractivity contribution >= 4 is 23.2 Å². The zero-order valence-electron chi connectivity index (χ0n) is 11.8. The zero-order chi connectivity index (χ0) is 14.7. The van der Waals surface area contributed by atoms with Crippen LogP contribution in [0.4, 0.5) is 11.4 Å². The number of carbonyl (C=O) groups excluding carboxylic acids is 2. The lowest BCUT2D eigenvalue weighted by Crippen LogP contribution is -2.38. The van der Waals surface area contributed by atoms with Crippen LogP contribution in [0.2, 0.25) is 0 Å². The second-order valence-corrected chi connectivity index (χ2v) is 5.18. The first kappa shape index (κ1) is 14.2. The molecular formula is C14H20N4O2. The lowest BCUT2D eigenvalue weighted by Gasteiger charge is -2.16. The van der Waals surface area contributed by atoms with Gasteiger partial charge >= 0.3 is 0 Å². The van der Waals surface area contributed by atoms with Crippen LogP contribution in [0.15, 0.2) is 18.2 Å². The Kier molecular flexibility index (Phi) is 4.12. The van der Waals surface area contributed by atoms with Crippen LogP contribution in [-0.2, 0) is 4.79 Å². The highest BCUT2D eigenvalue weighted by Crippen LogP contribution is 2.22. The van der Waals surface area contributed by atoms with Gasteiger partial charge in [0.05, 0.1) is 11.4 Å². The van der Waals surface area contributed by atoms with Crippen LogP contribution >= 0.6 is 0 Å². The van der Waals surface area contributed by atoms with Crippen LogP contribution in [0.3, 0.4) is 0 Å². The highest BCUT2D eigenvalue weighted by molar-refractivity contribution is 5.96. The molecule has 0 saturated carbocycles. The van der Waals surface area contributed by atoms with Crippen molar-refractivity contribution in [2.75, 3.05) is 31.3 Å². The molecule has 1 atom stereocenters. The number of benzene rings is 1. The van der Waals surface area contributed by atoms with Gasteiger partial charge < -0.3 is 21.3 Å². The molecule has 6 nitrogen and oxygen atoms in total. The number of nitrogens with zero attached hydrogens (tertiary/aromatic N) is 1. The third-order valence-corrected chi connectivity index (χ3v) is 3.37. The van der Waals surface area contributed by atoms with Crippen LogP contribution in [0.1, 0.15) is 23.2 Å². The number of nitrogens with two attached hydrogens (primary N) is 1. The Morgan fingerprint density at radius 1 is 1.50 bits per heavy atom. The Bertz CT molecular complexity index is 528. The van der Waals surface area contributed by atoms with Crippen molar-refractivity contribution in [1.82, 2.24) is 10.6 Å². The maximum atomic E-state index is 12.0. The van der Waals surface area contributed by atoms with E-state index in [-0.39, 0.29) is 17.9 Å².